The van der Waals surface area contributed by atoms with Gasteiger partial charge >= 0.3 is 6.18 Å². The van der Waals surface area contributed by atoms with Crippen LogP contribution < -0.4 is 5.32 Å². The lowest BCUT2D eigenvalue weighted by Crippen LogP contribution is -2.39. The van der Waals surface area contributed by atoms with Crippen molar-refractivity contribution in [1.82, 2.24) is 4.90 Å². The third-order valence-electron chi connectivity index (χ3n) is 2.92. The van der Waals surface area contributed by atoms with Crippen molar-refractivity contribution in [3.05, 3.63) is 29.3 Å². The molecule has 0 heterocycles. The molecule has 21 heavy (non-hydrogen) atoms. The predicted octanol–water partition coefficient (Wildman–Crippen LogP) is 3.84. The van der Waals surface area contributed by atoms with E-state index < -0.39 is 18.6 Å². The number of anilines is 1. The van der Waals surface area contributed by atoms with Gasteiger partial charge in [-0.3, -0.25) is 4.79 Å². The molecule has 6 heteroatoms. The zero-order valence-corrected chi connectivity index (χ0v) is 12.5. The van der Waals surface area contributed by atoms with Crippen molar-refractivity contribution in [3.8, 4) is 0 Å². The number of aryl methyl sites for hydroxylation is 1. The van der Waals surface area contributed by atoms with E-state index in [1.165, 1.54) is 0 Å². The molecule has 0 atom stereocenters. The monoisotopic (exact) mass is 302 g/mol. The van der Waals surface area contributed by atoms with Crippen molar-refractivity contribution in [1.29, 1.82) is 0 Å². The van der Waals surface area contributed by atoms with Crippen LogP contribution in [0.25, 0.3) is 0 Å². The van der Waals surface area contributed by atoms with Gasteiger partial charge in [0.15, 0.2) is 0 Å². The summed E-state index contributed by atoms with van der Waals surface area (Å²) in [6, 6.07) is 5.17. The number of amides is 1. The molecule has 1 aromatic carbocycles. The molecule has 0 saturated carbocycles. The van der Waals surface area contributed by atoms with E-state index >= 15 is 0 Å². The van der Waals surface area contributed by atoms with Crippen LogP contribution in [0.5, 0.6) is 0 Å². The minimum atomic E-state index is -4.40. The molecular formula is C15H21F3N2O. The molecule has 0 unspecified atom stereocenters. The molecule has 1 aromatic rings. The van der Waals surface area contributed by atoms with Crippen LogP contribution in [0.3, 0.4) is 0 Å². The van der Waals surface area contributed by atoms with Gasteiger partial charge in [0.1, 0.15) is 6.54 Å². The molecule has 1 amide bonds. The Kier molecular flexibility index (Phi) is 6.05. The molecule has 1 rings (SSSR count). The summed E-state index contributed by atoms with van der Waals surface area (Å²) in [4.78, 5) is 13.3. The van der Waals surface area contributed by atoms with E-state index in [0.717, 1.165) is 10.5 Å². The van der Waals surface area contributed by atoms with Gasteiger partial charge in [0.2, 0.25) is 0 Å². The Hall–Kier alpha value is -1.72. The van der Waals surface area contributed by atoms with Crippen LogP contribution in [0.4, 0.5) is 18.9 Å². The first-order chi connectivity index (χ1) is 9.78. The zero-order valence-electron chi connectivity index (χ0n) is 12.5. The topological polar surface area (TPSA) is 32.3 Å². The lowest BCUT2D eigenvalue weighted by molar-refractivity contribution is -0.140. The highest BCUT2D eigenvalue weighted by Gasteiger charge is 2.33. The number of hydrogen-bond acceptors (Lipinski definition) is 2. The summed E-state index contributed by atoms with van der Waals surface area (Å²) >= 11 is 0. The lowest BCUT2D eigenvalue weighted by atomic mass is 10.1. The predicted molar refractivity (Wildman–Crippen MR) is 77.6 cm³/mol. The molecule has 0 spiro atoms. The van der Waals surface area contributed by atoms with Crippen LogP contribution in [0.1, 0.15) is 36.2 Å². The number of nitrogens with one attached hydrogen (secondary N) is 1. The van der Waals surface area contributed by atoms with Crippen LogP contribution in [0, 0.1) is 6.92 Å². The summed E-state index contributed by atoms with van der Waals surface area (Å²) in [6.07, 6.45) is -3.92. The molecule has 0 bridgehead atoms. The average molecular weight is 302 g/mol. The van der Waals surface area contributed by atoms with Gasteiger partial charge in [-0.25, -0.2) is 0 Å². The summed E-state index contributed by atoms with van der Waals surface area (Å²) in [7, 11) is 0. The van der Waals surface area contributed by atoms with Gasteiger partial charge in [0.25, 0.3) is 5.91 Å². The second-order valence-corrected chi connectivity index (χ2v) is 4.92. The molecule has 0 aromatic heterocycles. The van der Waals surface area contributed by atoms with Crippen LogP contribution in [-0.4, -0.2) is 36.6 Å². The van der Waals surface area contributed by atoms with Crippen molar-refractivity contribution in [2.24, 2.45) is 0 Å². The van der Waals surface area contributed by atoms with Crippen molar-refractivity contribution in [3.63, 3.8) is 0 Å². The Labute approximate surface area is 123 Å². The maximum Gasteiger partial charge on any atom is 0.406 e. The molecule has 3 nitrogen and oxygen atoms in total. The molecular weight excluding hydrogens is 281 g/mol. The average Bonchev–Trinajstić information content (AvgIpc) is 2.38. The summed E-state index contributed by atoms with van der Waals surface area (Å²) in [6.45, 7) is 4.87. The van der Waals surface area contributed by atoms with Crippen molar-refractivity contribution < 1.29 is 18.0 Å². The Balaban J connectivity index is 3.10. The molecule has 0 fully saturated rings. The van der Waals surface area contributed by atoms with Crippen LogP contribution in [0.15, 0.2) is 18.2 Å². The lowest BCUT2D eigenvalue weighted by Gasteiger charge is -2.25. The standard InChI is InChI=1S/C15H21F3N2O/c1-4-8-20(10-15(16,17)18)14(21)12-9-11(3)6-7-13(12)19-5-2/h6-7,9,19H,4-5,8,10H2,1-3H3. The second-order valence-electron chi connectivity index (χ2n) is 4.92. The van der Waals surface area contributed by atoms with Crippen LogP contribution >= 0.6 is 0 Å². The molecule has 0 aliphatic heterocycles. The minimum absolute atomic E-state index is 0.0812. The largest absolute Gasteiger partial charge is 0.406 e. The first kappa shape index (κ1) is 17.3. The number of halogens is 3. The first-order valence-electron chi connectivity index (χ1n) is 6.99. The van der Waals surface area contributed by atoms with E-state index in [9.17, 15) is 18.0 Å². The van der Waals surface area contributed by atoms with E-state index in [1.54, 1.807) is 26.0 Å². The van der Waals surface area contributed by atoms with E-state index in [1.807, 2.05) is 13.0 Å². The number of carbonyl (C=O) groups excluding carboxylic acids is 1. The highest BCUT2D eigenvalue weighted by molar-refractivity contribution is 5.99. The van der Waals surface area contributed by atoms with Gasteiger partial charge in [-0.1, -0.05) is 18.6 Å². The third kappa shape index (κ3) is 5.28. The molecule has 0 aliphatic carbocycles. The molecule has 1 N–H and O–H groups in total. The molecule has 118 valence electrons. The van der Waals surface area contributed by atoms with Gasteiger partial charge in [0, 0.05) is 18.8 Å². The van der Waals surface area contributed by atoms with Gasteiger partial charge < -0.3 is 10.2 Å². The Morgan fingerprint density at radius 2 is 1.95 bits per heavy atom. The normalized spacial score (nSPS) is 11.3. The molecule has 0 aliphatic rings. The molecule has 0 saturated heterocycles. The number of benzene rings is 1. The van der Waals surface area contributed by atoms with Gasteiger partial charge in [-0.2, -0.15) is 13.2 Å². The Morgan fingerprint density at radius 3 is 2.48 bits per heavy atom. The Bertz CT molecular complexity index is 486. The zero-order chi connectivity index (χ0) is 16.0. The summed E-state index contributed by atoms with van der Waals surface area (Å²) in [5.41, 5.74) is 1.69. The fraction of sp³-hybridized carbons (Fsp3) is 0.533. The second kappa shape index (κ2) is 7.33. The maximum absolute atomic E-state index is 12.6. The number of nitrogens with zero attached hydrogens (tertiary/aromatic N) is 1. The molecule has 0 radical (unpaired) electrons. The number of carbonyl (C=O) groups is 1. The number of hydrogen-bond donors (Lipinski definition) is 1. The SMILES string of the molecule is CCCN(CC(F)(F)F)C(=O)c1cc(C)ccc1NCC. The van der Waals surface area contributed by atoms with Gasteiger partial charge in [-0.15, -0.1) is 0 Å². The summed E-state index contributed by atoms with van der Waals surface area (Å²) in [5, 5.41) is 3.02. The summed E-state index contributed by atoms with van der Waals surface area (Å²) < 4.78 is 37.9. The van der Waals surface area contributed by atoms with Crippen molar-refractivity contribution >= 4 is 11.6 Å². The van der Waals surface area contributed by atoms with Crippen LogP contribution in [-0.2, 0) is 0 Å². The number of rotatable bonds is 6. The fourth-order valence-corrected chi connectivity index (χ4v) is 2.09. The van der Waals surface area contributed by atoms with E-state index in [0.29, 0.717) is 18.7 Å². The number of alkyl halides is 3. The Morgan fingerprint density at radius 1 is 1.29 bits per heavy atom. The smallest absolute Gasteiger partial charge is 0.385 e. The van der Waals surface area contributed by atoms with Crippen molar-refractivity contribution in [2.45, 2.75) is 33.4 Å². The third-order valence-corrected chi connectivity index (χ3v) is 2.92. The van der Waals surface area contributed by atoms with E-state index in [2.05, 4.69) is 5.32 Å². The highest BCUT2D eigenvalue weighted by Crippen LogP contribution is 2.23. The minimum Gasteiger partial charge on any atom is -0.385 e. The maximum atomic E-state index is 12.6. The summed E-state index contributed by atoms with van der Waals surface area (Å²) in [5.74, 6) is -0.589. The quantitative estimate of drug-likeness (QED) is 0.866. The van der Waals surface area contributed by atoms with E-state index in [4.69, 9.17) is 0 Å². The van der Waals surface area contributed by atoms with Crippen LogP contribution in [0.2, 0.25) is 0 Å². The fourth-order valence-electron chi connectivity index (χ4n) is 2.09. The van der Waals surface area contributed by atoms with Gasteiger partial charge in [-0.05, 0) is 32.4 Å². The van der Waals surface area contributed by atoms with Gasteiger partial charge in [0.05, 0.1) is 5.56 Å². The highest BCUT2D eigenvalue weighted by atomic mass is 19.4. The van der Waals surface area contributed by atoms with Crippen molar-refractivity contribution in [2.75, 3.05) is 25.0 Å². The first-order valence-corrected chi connectivity index (χ1v) is 6.99. The van der Waals surface area contributed by atoms with E-state index in [-0.39, 0.29) is 12.1 Å².